The molecule has 0 bridgehead atoms. The second-order valence-corrected chi connectivity index (χ2v) is 2.99. The van der Waals surface area contributed by atoms with Gasteiger partial charge in [0.25, 0.3) is 0 Å². The van der Waals surface area contributed by atoms with Gasteiger partial charge in [0.15, 0.2) is 10.0 Å². The van der Waals surface area contributed by atoms with E-state index in [4.69, 9.17) is 0 Å². The predicted octanol–water partition coefficient (Wildman–Crippen LogP) is 1.59. The normalized spacial score (nSPS) is 12.6. The van der Waals surface area contributed by atoms with Crippen molar-refractivity contribution in [2.45, 2.75) is 25.7 Å². The molecular formula is C8H18N4O4. The van der Waals surface area contributed by atoms with E-state index in [0.29, 0.717) is 13.1 Å². The van der Waals surface area contributed by atoms with Crippen LogP contribution in [0, 0.1) is 10.4 Å². The van der Waals surface area contributed by atoms with Crippen LogP contribution >= 0.6 is 0 Å². The first-order chi connectivity index (χ1) is 7.70. The van der Waals surface area contributed by atoms with Gasteiger partial charge in [0.05, 0.1) is 0 Å². The Labute approximate surface area is 94.2 Å². The predicted molar refractivity (Wildman–Crippen MR) is 54.3 cm³/mol. The van der Waals surface area contributed by atoms with E-state index in [9.17, 15) is 10.4 Å². The first-order valence-corrected chi connectivity index (χ1v) is 5.08. The molecule has 0 unspecified atom stereocenters. The lowest BCUT2D eigenvalue weighted by molar-refractivity contribution is -0.783. The molecule has 0 heterocycles. The molecule has 0 rings (SSSR count). The van der Waals surface area contributed by atoms with E-state index >= 15 is 0 Å². The zero-order chi connectivity index (χ0) is 12.2. The highest BCUT2D eigenvalue weighted by Crippen LogP contribution is 2.00. The molecule has 16 heavy (non-hydrogen) atoms. The maximum absolute atomic E-state index is 10.5. The summed E-state index contributed by atoms with van der Waals surface area (Å²) in [6.45, 7) is 0.889. The van der Waals surface area contributed by atoms with Crippen LogP contribution in [0.15, 0.2) is 10.2 Å². The minimum Gasteiger partial charge on any atom is -0.384 e. The van der Waals surface area contributed by atoms with Gasteiger partial charge in [0.1, 0.15) is 13.1 Å². The highest BCUT2D eigenvalue weighted by atomic mass is 16.9. The summed E-state index contributed by atoms with van der Waals surface area (Å²) in [4.78, 5) is 8.55. The Morgan fingerprint density at radius 1 is 0.812 bits per heavy atom. The van der Waals surface area contributed by atoms with E-state index in [0.717, 1.165) is 25.7 Å². The van der Waals surface area contributed by atoms with Crippen LogP contribution in [0.4, 0.5) is 0 Å². The summed E-state index contributed by atoms with van der Waals surface area (Å²) in [5.41, 5.74) is 0. The van der Waals surface area contributed by atoms with Crippen LogP contribution in [0.3, 0.4) is 0 Å². The molecular weight excluding hydrogens is 216 g/mol. The molecule has 0 saturated carbocycles. The van der Waals surface area contributed by atoms with Gasteiger partial charge in [0.2, 0.25) is 0 Å². The van der Waals surface area contributed by atoms with Gasteiger partial charge in [-0.25, -0.2) is 10.4 Å². The summed E-state index contributed by atoms with van der Waals surface area (Å²) in [6.07, 6.45) is 3.49. The molecule has 0 N–H and O–H groups in total. The van der Waals surface area contributed by atoms with Crippen LogP contribution in [-0.4, -0.2) is 37.4 Å². The Morgan fingerprint density at radius 3 is 1.50 bits per heavy atom. The smallest absolute Gasteiger partial charge is 0.168 e. The fourth-order valence-electron chi connectivity index (χ4n) is 0.997. The Morgan fingerprint density at radius 2 is 1.19 bits per heavy atom. The maximum Gasteiger partial charge on any atom is 0.168 e. The number of nitrogens with zero attached hydrogens (tertiary/aromatic N) is 4. The van der Waals surface area contributed by atoms with Crippen LogP contribution in [0.25, 0.3) is 0 Å². The largest absolute Gasteiger partial charge is 0.384 e. The van der Waals surface area contributed by atoms with Gasteiger partial charge in [-0.05, 0) is 12.8 Å². The number of rotatable bonds is 9. The van der Waals surface area contributed by atoms with E-state index in [2.05, 4.69) is 19.9 Å². The molecule has 8 heteroatoms. The van der Waals surface area contributed by atoms with Gasteiger partial charge in [-0.2, -0.15) is 0 Å². The third-order valence-corrected chi connectivity index (χ3v) is 1.81. The molecule has 94 valence electrons. The van der Waals surface area contributed by atoms with Crippen molar-refractivity contribution in [3.8, 4) is 0 Å². The van der Waals surface area contributed by atoms with Crippen LogP contribution in [0.2, 0.25) is 0 Å². The fraction of sp³-hybridized carbons (Fsp3) is 1.00. The average Bonchev–Trinajstić information content (AvgIpc) is 2.31. The van der Waals surface area contributed by atoms with Gasteiger partial charge >= 0.3 is 0 Å². The first-order valence-electron chi connectivity index (χ1n) is 5.08. The Bertz CT molecular complexity index is 208. The van der Waals surface area contributed by atoms with Crippen molar-refractivity contribution in [1.82, 2.24) is 0 Å². The average molecular weight is 234 g/mol. The molecule has 0 aliphatic heterocycles. The molecule has 0 spiro atoms. The highest BCUT2D eigenvalue weighted by Gasteiger charge is 1.95. The van der Waals surface area contributed by atoms with Crippen molar-refractivity contribution in [1.29, 1.82) is 0 Å². The molecule has 0 aromatic rings. The minimum atomic E-state index is 0.198. The second kappa shape index (κ2) is 9.94. The summed E-state index contributed by atoms with van der Waals surface area (Å²) in [6, 6.07) is 0. The van der Waals surface area contributed by atoms with Gasteiger partial charge in [-0.15, -0.1) is 0 Å². The highest BCUT2D eigenvalue weighted by molar-refractivity contribution is 4.45. The third-order valence-electron chi connectivity index (χ3n) is 1.81. The lowest BCUT2D eigenvalue weighted by Gasteiger charge is -1.96. The monoisotopic (exact) mass is 234 g/mol. The Balaban J connectivity index is 3.28. The zero-order valence-corrected chi connectivity index (χ0v) is 9.66. The summed E-state index contributed by atoms with van der Waals surface area (Å²) >= 11 is 0. The van der Waals surface area contributed by atoms with Crippen LogP contribution in [0.1, 0.15) is 25.7 Å². The van der Waals surface area contributed by atoms with Gasteiger partial charge < -0.3 is 9.68 Å². The molecule has 0 saturated heterocycles. The molecule has 0 radical (unpaired) electrons. The summed E-state index contributed by atoms with van der Waals surface area (Å²) < 4.78 is 0. The lowest BCUT2D eigenvalue weighted by Crippen LogP contribution is -1.99. The van der Waals surface area contributed by atoms with E-state index < -0.39 is 0 Å². The number of unbranched alkanes of at least 4 members (excludes halogenated alkanes) is 3. The van der Waals surface area contributed by atoms with Crippen molar-refractivity contribution in [3.05, 3.63) is 10.4 Å². The summed E-state index contributed by atoms with van der Waals surface area (Å²) in [5.74, 6) is 0. The molecule has 0 aliphatic carbocycles. The second-order valence-electron chi connectivity index (χ2n) is 2.99. The molecule has 0 aromatic carbocycles. The van der Waals surface area contributed by atoms with Gasteiger partial charge in [-0.3, -0.25) is 0 Å². The third kappa shape index (κ3) is 8.97. The van der Waals surface area contributed by atoms with Crippen molar-refractivity contribution >= 4 is 0 Å². The van der Waals surface area contributed by atoms with E-state index in [1.54, 1.807) is 0 Å². The van der Waals surface area contributed by atoms with Crippen molar-refractivity contribution in [2.75, 3.05) is 27.3 Å². The molecule has 0 atom stereocenters. The molecule has 0 fully saturated rings. The number of hydrogen-bond donors (Lipinski definition) is 0. The number of hydrogen-bond acceptors (Lipinski definition) is 6. The molecule has 8 nitrogen and oxygen atoms in total. The zero-order valence-electron chi connectivity index (χ0n) is 9.66. The summed E-state index contributed by atoms with van der Waals surface area (Å²) in [7, 11) is 2.53. The van der Waals surface area contributed by atoms with E-state index in [-0.39, 0.29) is 10.0 Å². The standard InChI is InChI=1S/C8H18N4O4/c1-15-11(13)9-7-5-3-4-6-8-10-12(14)16-2/h3-8H2,1-2H3. The van der Waals surface area contributed by atoms with Gasteiger partial charge in [-0.1, -0.05) is 12.8 Å². The minimum absolute atomic E-state index is 0.198. The molecule has 0 aliphatic rings. The van der Waals surface area contributed by atoms with Crippen molar-refractivity contribution in [2.24, 2.45) is 10.2 Å². The van der Waals surface area contributed by atoms with E-state index in [1.165, 1.54) is 14.2 Å². The van der Waals surface area contributed by atoms with Crippen molar-refractivity contribution in [3.63, 3.8) is 0 Å². The van der Waals surface area contributed by atoms with Gasteiger partial charge in [0, 0.05) is 24.4 Å². The van der Waals surface area contributed by atoms with Crippen LogP contribution in [-0.2, 0) is 9.68 Å². The molecule has 0 aromatic heterocycles. The first kappa shape index (κ1) is 14.4. The van der Waals surface area contributed by atoms with E-state index in [1.807, 2.05) is 0 Å². The SMILES string of the molecule is CO[N+]([O-])=NCCCCCCN=[N+]([O-])OC. The lowest BCUT2D eigenvalue weighted by atomic mass is 10.2. The quantitative estimate of drug-likeness (QED) is 0.344. The van der Waals surface area contributed by atoms with Crippen LogP contribution < -0.4 is 0 Å². The Kier molecular flexibility index (Phi) is 8.94. The van der Waals surface area contributed by atoms with Crippen LogP contribution in [0.5, 0.6) is 0 Å². The summed E-state index contributed by atoms with van der Waals surface area (Å²) in [5, 5.41) is 28.5. The van der Waals surface area contributed by atoms with Crippen molar-refractivity contribution < 1.29 is 19.7 Å². The fourth-order valence-corrected chi connectivity index (χ4v) is 0.997. The Hall–Kier alpha value is -1.60. The maximum atomic E-state index is 10.5. The molecule has 0 amide bonds. The topological polar surface area (TPSA) is 95.3 Å².